The summed E-state index contributed by atoms with van der Waals surface area (Å²) >= 11 is 0. The van der Waals surface area contributed by atoms with E-state index in [4.69, 9.17) is 9.97 Å². The van der Waals surface area contributed by atoms with Crippen molar-refractivity contribution in [3.05, 3.63) is 84.1 Å². The number of aromatic nitrogens is 2. The van der Waals surface area contributed by atoms with Gasteiger partial charge in [-0.3, -0.25) is 4.79 Å². The summed E-state index contributed by atoms with van der Waals surface area (Å²) < 4.78 is 0. The molecule has 4 aromatic rings. The molecule has 4 heteroatoms. The first kappa shape index (κ1) is 19.8. The third-order valence-electron chi connectivity index (χ3n) is 5.42. The van der Waals surface area contributed by atoms with Gasteiger partial charge in [0.25, 0.3) is 0 Å². The number of fused-ring (bicyclic) bond motifs is 1. The number of hydrogen-bond donors (Lipinski definition) is 1. The van der Waals surface area contributed by atoms with E-state index in [2.05, 4.69) is 24.3 Å². The minimum Gasteiger partial charge on any atom is -0.481 e. The maximum absolute atomic E-state index is 12.1. The molecule has 4 rings (SSSR count). The van der Waals surface area contributed by atoms with Crippen LogP contribution in [0.4, 0.5) is 0 Å². The van der Waals surface area contributed by atoms with Crippen molar-refractivity contribution in [2.45, 2.75) is 32.6 Å². The zero-order valence-electron chi connectivity index (χ0n) is 17.2. The van der Waals surface area contributed by atoms with Gasteiger partial charge in [0.05, 0.1) is 11.6 Å². The molecule has 150 valence electrons. The Morgan fingerprint density at radius 2 is 1.60 bits per heavy atom. The summed E-state index contributed by atoms with van der Waals surface area (Å²) in [6.45, 7) is 3.89. The number of aliphatic carboxylic acids is 1. The highest BCUT2D eigenvalue weighted by Crippen LogP contribution is 2.35. The van der Waals surface area contributed by atoms with E-state index in [-0.39, 0.29) is 0 Å². The molecule has 3 aromatic carbocycles. The molecule has 0 saturated heterocycles. The topological polar surface area (TPSA) is 63.1 Å². The third kappa shape index (κ3) is 3.81. The lowest BCUT2D eigenvalue weighted by Crippen LogP contribution is -2.16. The van der Waals surface area contributed by atoms with Crippen molar-refractivity contribution in [3.63, 3.8) is 0 Å². The molecule has 0 radical (unpaired) electrons. The van der Waals surface area contributed by atoms with Crippen molar-refractivity contribution in [2.75, 3.05) is 0 Å². The molecule has 1 heterocycles. The molecule has 30 heavy (non-hydrogen) atoms. The van der Waals surface area contributed by atoms with Gasteiger partial charge in [-0.15, -0.1) is 0 Å². The Balaban J connectivity index is 1.98. The summed E-state index contributed by atoms with van der Waals surface area (Å²) in [5, 5.41) is 12.2. The number of nitrogens with zero attached hydrogens (tertiary/aromatic N) is 2. The van der Waals surface area contributed by atoms with Gasteiger partial charge in [-0.05, 0) is 30.2 Å². The zero-order valence-corrected chi connectivity index (χ0v) is 17.2. The molecule has 1 aromatic heterocycles. The fourth-order valence-electron chi connectivity index (χ4n) is 3.95. The molecule has 1 unspecified atom stereocenters. The van der Waals surface area contributed by atoms with Gasteiger partial charge in [-0.2, -0.15) is 0 Å². The minimum atomic E-state index is -0.835. The van der Waals surface area contributed by atoms with Crippen LogP contribution in [-0.2, 0) is 4.79 Å². The molecule has 0 spiro atoms. The maximum atomic E-state index is 12.1. The van der Waals surface area contributed by atoms with E-state index in [1.165, 1.54) is 0 Å². The van der Waals surface area contributed by atoms with Gasteiger partial charge in [-0.1, -0.05) is 80.1 Å². The third-order valence-corrected chi connectivity index (χ3v) is 5.42. The summed E-state index contributed by atoms with van der Waals surface area (Å²) in [5.74, 6) is -0.861. The molecule has 0 aliphatic carbocycles. The highest BCUT2D eigenvalue weighted by molar-refractivity contribution is 5.88. The second-order valence-corrected chi connectivity index (χ2v) is 7.50. The number of aryl methyl sites for hydroxylation is 1. The van der Waals surface area contributed by atoms with Crippen molar-refractivity contribution in [3.8, 4) is 22.6 Å². The van der Waals surface area contributed by atoms with Gasteiger partial charge in [0, 0.05) is 22.4 Å². The van der Waals surface area contributed by atoms with E-state index in [0.717, 1.165) is 28.3 Å². The average molecular weight is 396 g/mol. The molecule has 4 nitrogen and oxygen atoms in total. The predicted octanol–water partition coefficient (Wildman–Crippen LogP) is 6.24. The van der Waals surface area contributed by atoms with Crippen molar-refractivity contribution in [2.24, 2.45) is 0 Å². The second-order valence-electron chi connectivity index (χ2n) is 7.50. The Hall–Kier alpha value is -3.53. The monoisotopic (exact) mass is 396 g/mol. The first-order chi connectivity index (χ1) is 14.6. The summed E-state index contributed by atoms with van der Waals surface area (Å²) in [4.78, 5) is 21.7. The number of carbonyl (C=O) groups is 1. The summed E-state index contributed by atoms with van der Waals surface area (Å²) in [7, 11) is 0. The van der Waals surface area contributed by atoms with Gasteiger partial charge >= 0.3 is 5.97 Å². The highest BCUT2D eigenvalue weighted by atomic mass is 16.4. The SMILES string of the molecule is CCCC(C(=O)O)c1c(C)nc(-c2ccccc2)nc1-c1ccc2ccccc2c1. The number of carboxylic acids is 1. The van der Waals surface area contributed by atoms with Crippen molar-refractivity contribution >= 4 is 16.7 Å². The molecule has 1 atom stereocenters. The van der Waals surface area contributed by atoms with Gasteiger partial charge in [0.2, 0.25) is 0 Å². The van der Waals surface area contributed by atoms with Crippen molar-refractivity contribution < 1.29 is 9.90 Å². The lowest BCUT2D eigenvalue weighted by Gasteiger charge is -2.19. The second kappa shape index (κ2) is 8.46. The number of rotatable bonds is 6. The van der Waals surface area contributed by atoms with Crippen LogP contribution in [0.25, 0.3) is 33.4 Å². The van der Waals surface area contributed by atoms with Gasteiger partial charge in [0.1, 0.15) is 0 Å². The fraction of sp³-hybridized carbons (Fsp3) is 0.192. The lowest BCUT2D eigenvalue weighted by molar-refractivity contribution is -0.139. The van der Waals surface area contributed by atoms with Crippen LogP contribution in [0.1, 0.15) is 36.9 Å². The zero-order chi connectivity index (χ0) is 21.1. The Bertz CT molecular complexity index is 1200. The first-order valence-electron chi connectivity index (χ1n) is 10.2. The van der Waals surface area contributed by atoms with E-state index >= 15 is 0 Å². The fourth-order valence-corrected chi connectivity index (χ4v) is 3.95. The number of carboxylic acid groups (broad SMARTS) is 1. The van der Waals surface area contributed by atoms with E-state index in [9.17, 15) is 9.90 Å². The van der Waals surface area contributed by atoms with Crippen LogP contribution in [0, 0.1) is 6.92 Å². The van der Waals surface area contributed by atoms with Crippen LogP contribution in [0.15, 0.2) is 72.8 Å². The Morgan fingerprint density at radius 1 is 0.900 bits per heavy atom. The van der Waals surface area contributed by atoms with Crippen LogP contribution in [0.2, 0.25) is 0 Å². The lowest BCUT2D eigenvalue weighted by atomic mass is 9.89. The van der Waals surface area contributed by atoms with Crippen LogP contribution in [-0.4, -0.2) is 21.0 Å². The predicted molar refractivity (Wildman–Crippen MR) is 120 cm³/mol. The summed E-state index contributed by atoms with van der Waals surface area (Å²) in [6.07, 6.45) is 1.32. The average Bonchev–Trinajstić information content (AvgIpc) is 2.77. The molecule has 1 N–H and O–H groups in total. The Kier molecular flexibility index (Phi) is 5.57. The Morgan fingerprint density at radius 3 is 2.30 bits per heavy atom. The molecular weight excluding hydrogens is 372 g/mol. The molecule has 0 amide bonds. The van der Waals surface area contributed by atoms with E-state index in [0.29, 0.717) is 29.2 Å². The van der Waals surface area contributed by atoms with Crippen LogP contribution < -0.4 is 0 Å². The van der Waals surface area contributed by atoms with E-state index in [1.54, 1.807) is 0 Å². The largest absolute Gasteiger partial charge is 0.481 e. The van der Waals surface area contributed by atoms with Crippen LogP contribution >= 0.6 is 0 Å². The number of hydrogen-bond acceptors (Lipinski definition) is 3. The summed E-state index contributed by atoms with van der Waals surface area (Å²) in [6, 6.07) is 24.1. The van der Waals surface area contributed by atoms with E-state index < -0.39 is 11.9 Å². The highest BCUT2D eigenvalue weighted by Gasteiger charge is 2.27. The normalized spacial score (nSPS) is 12.1. The minimum absolute atomic E-state index is 0.546. The molecule has 0 aliphatic heterocycles. The van der Waals surface area contributed by atoms with E-state index in [1.807, 2.05) is 62.4 Å². The van der Waals surface area contributed by atoms with Gasteiger partial charge in [0.15, 0.2) is 5.82 Å². The first-order valence-corrected chi connectivity index (χ1v) is 10.2. The van der Waals surface area contributed by atoms with Crippen LogP contribution in [0.3, 0.4) is 0 Å². The molecule has 0 aliphatic rings. The smallest absolute Gasteiger partial charge is 0.311 e. The van der Waals surface area contributed by atoms with Crippen molar-refractivity contribution in [1.82, 2.24) is 9.97 Å². The molecule has 0 bridgehead atoms. The van der Waals surface area contributed by atoms with Gasteiger partial charge < -0.3 is 5.11 Å². The van der Waals surface area contributed by atoms with Crippen molar-refractivity contribution in [1.29, 1.82) is 0 Å². The Labute approximate surface area is 176 Å². The maximum Gasteiger partial charge on any atom is 0.311 e. The summed E-state index contributed by atoms with van der Waals surface area (Å²) in [5.41, 5.74) is 3.95. The quantitative estimate of drug-likeness (QED) is 0.419. The molecule has 0 fully saturated rings. The molecular formula is C26H24N2O2. The standard InChI is InChI=1S/C26H24N2O2/c1-3-9-22(26(29)30)23-17(2)27-25(19-11-5-4-6-12-19)28-24(23)21-15-14-18-10-7-8-13-20(18)16-21/h4-8,10-16,22H,3,9H2,1-2H3,(H,29,30). The van der Waals surface area contributed by atoms with Gasteiger partial charge in [-0.25, -0.2) is 9.97 Å². The molecule has 0 saturated carbocycles. The van der Waals surface area contributed by atoms with Crippen LogP contribution in [0.5, 0.6) is 0 Å². The number of benzene rings is 3.